The van der Waals surface area contributed by atoms with Crippen LogP contribution in [0.15, 0.2) is 65.5 Å². The molecule has 3 N–H and O–H groups in total. The Hall–Kier alpha value is -3.65. The summed E-state index contributed by atoms with van der Waals surface area (Å²) >= 11 is 0. The molecule has 0 aliphatic carbocycles. The van der Waals surface area contributed by atoms with Crippen LogP contribution in [-0.2, 0) is 19.6 Å². The molecule has 1 unspecified atom stereocenters. The first kappa shape index (κ1) is 26.0. The molecule has 1 atom stereocenters. The number of nitrogens with zero attached hydrogens (tertiary/aromatic N) is 5. The number of piperidine rings is 1. The Labute approximate surface area is 224 Å². The van der Waals surface area contributed by atoms with Crippen molar-refractivity contribution in [3.63, 3.8) is 0 Å². The second kappa shape index (κ2) is 12.3. The highest BCUT2D eigenvalue weighted by atomic mass is 16.1. The number of hydrogen-bond acceptors (Lipinski definition) is 6. The number of anilines is 2. The van der Waals surface area contributed by atoms with E-state index in [0.717, 1.165) is 68.7 Å². The Morgan fingerprint density at radius 2 is 1.68 bits per heavy atom. The molecule has 1 aliphatic rings. The molecule has 0 bridgehead atoms. The molecule has 1 saturated heterocycles. The van der Waals surface area contributed by atoms with Crippen molar-refractivity contribution in [3.8, 4) is 0 Å². The number of hydrogen-bond donors (Lipinski definition) is 2. The van der Waals surface area contributed by atoms with Crippen LogP contribution in [0.2, 0.25) is 0 Å². The molecule has 0 spiro atoms. The van der Waals surface area contributed by atoms with E-state index in [4.69, 9.17) is 15.7 Å². The Bertz CT molecular complexity index is 1380. The average molecular weight is 514 g/mol. The second-order valence-electron chi connectivity index (χ2n) is 10.3. The molecule has 1 aliphatic heterocycles. The lowest BCUT2D eigenvalue weighted by Crippen LogP contribution is -2.44. The quantitative estimate of drug-likeness (QED) is 0.281. The molecule has 0 saturated carbocycles. The van der Waals surface area contributed by atoms with Gasteiger partial charge in [0.15, 0.2) is 11.2 Å². The topological polar surface area (TPSA) is 94.0 Å². The van der Waals surface area contributed by atoms with Crippen molar-refractivity contribution in [2.45, 2.75) is 71.1 Å². The zero-order valence-corrected chi connectivity index (χ0v) is 22.4. The third-order valence-electron chi connectivity index (χ3n) is 7.30. The zero-order valence-electron chi connectivity index (χ0n) is 22.4. The Morgan fingerprint density at radius 1 is 0.947 bits per heavy atom. The molecule has 4 aromatic rings. The van der Waals surface area contributed by atoms with E-state index in [9.17, 15) is 4.79 Å². The summed E-state index contributed by atoms with van der Waals surface area (Å²) in [4.78, 5) is 26.3. The van der Waals surface area contributed by atoms with Crippen molar-refractivity contribution in [2.24, 2.45) is 5.73 Å². The molecule has 2 aromatic heterocycles. The minimum absolute atomic E-state index is 0.0435. The number of nitrogens with two attached hydrogens (primary N) is 1. The van der Waals surface area contributed by atoms with Crippen molar-refractivity contribution in [1.82, 2.24) is 19.1 Å². The van der Waals surface area contributed by atoms with Crippen LogP contribution in [0.25, 0.3) is 11.2 Å². The lowest BCUT2D eigenvalue weighted by Gasteiger charge is -2.31. The number of imidazole rings is 1. The van der Waals surface area contributed by atoms with E-state index in [-0.39, 0.29) is 11.6 Å². The molecule has 38 heavy (non-hydrogen) atoms. The highest BCUT2D eigenvalue weighted by molar-refractivity contribution is 5.76. The third-order valence-corrected chi connectivity index (χ3v) is 7.30. The largest absolute Gasteiger partial charge is 0.351 e. The van der Waals surface area contributed by atoms with Crippen molar-refractivity contribution in [2.75, 3.05) is 23.3 Å². The van der Waals surface area contributed by atoms with Gasteiger partial charge in [-0.25, -0.2) is 0 Å². The number of unbranched alkanes of at least 4 members (excludes halogenated alkanes) is 3. The van der Waals surface area contributed by atoms with E-state index in [2.05, 4.69) is 46.0 Å². The van der Waals surface area contributed by atoms with Gasteiger partial charge >= 0.3 is 0 Å². The molecule has 200 valence electrons. The van der Waals surface area contributed by atoms with E-state index in [1.54, 1.807) is 0 Å². The SMILES string of the molecule is CCCCCCn1c(NCc2ccccc2)nc2nc(N3CCCC(N)C3)n(Cc3ccccc3)c2c1=O. The van der Waals surface area contributed by atoms with Crippen molar-refractivity contribution in [1.29, 1.82) is 0 Å². The zero-order chi connectivity index (χ0) is 26.3. The summed E-state index contributed by atoms with van der Waals surface area (Å²) in [5, 5.41) is 3.44. The van der Waals surface area contributed by atoms with Crippen LogP contribution in [0, 0.1) is 0 Å². The second-order valence-corrected chi connectivity index (χ2v) is 10.3. The van der Waals surface area contributed by atoms with Crippen molar-refractivity contribution >= 4 is 23.1 Å². The van der Waals surface area contributed by atoms with Gasteiger partial charge in [0.05, 0.1) is 6.54 Å². The average Bonchev–Trinajstić information content (AvgIpc) is 3.30. The summed E-state index contributed by atoms with van der Waals surface area (Å²) in [7, 11) is 0. The fourth-order valence-electron chi connectivity index (χ4n) is 5.27. The molecule has 5 rings (SSSR count). The van der Waals surface area contributed by atoms with Gasteiger partial charge < -0.3 is 16.0 Å². The van der Waals surface area contributed by atoms with E-state index in [1.807, 2.05) is 41.0 Å². The number of nitrogens with one attached hydrogen (secondary N) is 1. The summed E-state index contributed by atoms with van der Waals surface area (Å²) in [6.07, 6.45) is 6.33. The van der Waals surface area contributed by atoms with Crippen LogP contribution in [-0.4, -0.2) is 38.2 Å². The highest BCUT2D eigenvalue weighted by Crippen LogP contribution is 2.25. The third kappa shape index (κ3) is 5.91. The van der Waals surface area contributed by atoms with Crippen molar-refractivity contribution in [3.05, 3.63) is 82.1 Å². The molecule has 0 radical (unpaired) electrons. The minimum atomic E-state index is -0.0435. The van der Waals surface area contributed by atoms with Gasteiger partial charge in [0.1, 0.15) is 0 Å². The maximum Gasteiger partial charge on any atom is 0.281 e. The normalized spacial score (nSPS) is 15.7. The molecule has 8 nitrogen and oxygen atoms in total. The monoisotopic (exact) mass is 513 g/mol. The van der Waals surface area contributed by atoms with E-state index >= 15 is 0 Å². The fraction of sp³-hybridized carbons (Fsp3) is 0.433. The fourth-order valence-corrected chi connectivity index (χ4v) is 5.27. The van der Waals surface area contributed by atoms with E-state index < -0.39 is 0 Å². The summed E-state index contributed by atoms with van der Waals surface area (Å²) in [6.45, 7) is 5.56. The Kier molecular flexibility index (Phi) is 8.38. The first-order chi connectivity index (χ1) is 18.6. The van der Waals surface area contributed by atoms with Crippen molar-refractivity contribution < 1.29 is 0 Å². The Balaban J connectivity index is 1.59. The maximum atomic E-state index is 14.2. The van der Waals surface area contributed by atoms with Crippen LogP contribution < -0.4 is 21.5 Å². The van der Waals surface area contributed by atoms with Gasteiger partial charge in [0.2, 0.25) is 11.9 Å². The first-order valence-electron chi connectivity index (χ1n) is 14.0. The van der Waals surface area contributed by atoms with Gasteiger partial charge in [0, 0.05) is 32.2 Å². The van der Waals surface area contributed by atoms with Gasteiger partial charge in [-0.05, 0) is 30.4 Å². The molecule has 1 fully saturated rings. The van der Waals surface area contributed by atoms with Gasteiger partial charge in [-0.2, -0.15) is 9.97 Å². The standard InChI is InChI=1S/C30H39N7O/c1-2-3-4-11-19-36-28(38)26-27(33-29(36)32-20-23-13-7-5-8-14-23)34-30(35-18-12-17-25(31)22-35)37(26)21-24-15-9-6-10-16-24/h5-10,13-16,25H,2-4,11-12,17-22,31H2,1H3,(H,32,33). The minimum Gasteiger partial charge on any atom is -0.351 e. The molecule has 2 aromatic carbocycles. The number of fused-ring (bicyclic) bond motifs is 1. The number of benzene rings is 2. The number of rotatable bonds is 11. The molecule has 8 heteroatoms. The predicted octanol–water partition coefficient (Wildman–Crippen LogP) is 4.76. The summed E-state index contributed by atoms with van der Waals surface area (Å²) in [5.41, 5.74) is 9.60. The molecular formula is C30H39N7O. The van der Waals surface area contributed by atoms with Gasteiger partial charge in [-0.1, -0.05) is 86.8 Å². The van der Waals surface area contributed by atoms with E-state index in [1.165, 1.54) is 0 Å². The number of aromatic nitrogens is 4. The van der Waals surface area contributed by atoms with Crippen LogP contribution in [0.5, 0.6) is 0 Å². The van der Waals surface area contributed by atoms with E-state index in [0.29, 0.717) is 36.7 Å². The van der Waals surface area contributed by atoms with Crippen LogP contribution in [0.1, 0.15) is 56.6 Å². The smallest absolute Gasteiger partial charge is 0.281 e. The highest BCUT2D eigenvalue weighted by Gasteiger charge is 2.26. The van der Waals surface area contributed by atoms with Crippen LogP contribution >= 0.6 is 0 Å². The molecule has 0 amide bonds. The lowest BCUT2D eigenvalue weighted by atomic mass is 10.1. The van der Waals surface area contributed by atoms with Crippen LogP contribution in [0.3, 0.4) is 0 Å². The summed E-state index contributed by atoms with van der Waals surface area (Å²) < 4.78 is 3.87. The first-order valence-corrected chi connectivity index (χ1v) is 14.0. The summed E-state index contributed by atoms with van der Waals surface area (Å²) in [5.74, 6) is 1.36. The Morgan fingerprint density at radius 3 is 2.39 bits per heavy atom. The van der Waals surface area contributed by atoms with Gasteiger partial charge in [-0.15, -0.1) is 0 Å². The molecule has 3 heterocycles. The van der Waals surface area contributed by atoms with Gasteiger partial charge in [-0.3, -0.25) is 13.9 Å². The molecular weight excluding hydrogens is 474 g/mol. The van der Waals surface area contributed by atoms with Crippen LogP contribution in [0.4, 0.5) is 11.9 Å². The van der Waals surface area contributed by atoms with Gasteiger partial charge in [0.25, 0.3) is 5.56 Å². The summed E-state index contributed by atoms with van der Waals surface area (Å²) in [6, 6.07) is 20.5. The predicted molar refractivity (Wildman–Crippen MR) is 155 cm³/mol. The lowest BCUT2D eigenvalue weighted by molar-refractivity contribution is 0.495. The maximum absolute atomic E-state index is 14.2.